The monoisotopic (exact) mass is 1700 g/mol. The third-order valence-corrected chi connectivity index (χ3v) is 18.6. The molecule has 0 aromatic heterocycles. The number of carbonyl (C=O) groups is 14. The Morgan fingerprint density at radius 1 is 0.353 bits per heavy atom. The molecule has 0 unspecified atom stereocenters. The molecule has 4 aliphatic carbocycles. The number of rotatable bonds is 17. The maximum absolute atomic E-state index is 12.9. The molecule has 4 saturated heterocycles. The smallest absolute Gasteiger partial charge is 0.466 e. The fraction of sp³-hybridized carbons (Fsp3) is 0.595. The lowest BCUT2D eigenvalue weighted by Gasteiger charge is -2.41. The average Bonchev–Trinajstić information content (AvgIpc) is 1.59. The number of aliphatic hydroxyl groups is 3. The molecule has 45 nitrogen and oxygen atoms in total. The van der Waals surface area contributed by atoms with Gasteiger partial charge in [0.05, 0.1) is 109 Å². The highest BCUT2D eigenvalue weighted by molar-refractivity contribution is 5.90. The van der Waals surface area contributed by atoms with E-state index in [9.17, 15) is 82.4 Å². The van der Waals surface area contributed by atoms with Gasteiger partial charge >= 0.3 is 85.1 Å². The molecule has 3 N–H and O–H groups in total. The lowest BCUT2D eigenvalue weighted by atomic mass is 9.79. The Labute approximate surface area is 677 Å². The molecule has 2 aromatic carbocycles. The average molecular weight is 1700 g/mol. The highest BCUT2D eigenvalue weighted by Gasteiger charge is 2.67. The maximum atomic E-state index is 12.9. The number of carbonyl (C=O) groups excluding carboxylic acids is 14. The van der Waals surface area contributed by atoms with Gasteiger partial charge in [0.25, 0.3) is 0 Å². The van der Waals surface area contributed by atoms with Crippen LogP contribution in [0.5, 0.6) is 23.0 Å². The van der Waals surface area contributed by atoms with E-state index in [4.69, 9.17) is 90.0 Å². The van der Waals surface area contributed by atoms with Crippen molar-refractivity contribution >= 4 is 97.2 Å². The maximum Gasteiger partial charge on any atom is 0.513 e. The first-order chi connectivity index (χ1) is 55.9. The summed E-state index contributed by atoms with van der Waals surface area (Å²) in [6.45, 7) is 10.3. The zero-order valence-corrected chi connectivity index (χ0v) is 67.3. The quantitative estimate of drug-likeness (QED) is 0.0800. The van der Waals surface area contributed by atoms with Crippen LogP contribution in [0.15, 0.2) is 48.6 Å². The molecule has 0 radical (unpaired) electrons. The zero-order valence-electron chi connectivity index (χ0n) is 67.3. The summed E-state index contributed by atoms with van der Waals surface area (Å²) in [6.07, 6.45) is -16.0. The van der Waals surface area contributed by atoms with Crippen LogP contribution < -0.4 is 18.9 Å². The van der Waals surface area contributed by atoms with Crippen molar-refractivity contribution in [3.8, 4) is 23.0 Å². The molecule has 2 aromatic rings. The van der Waals surface area contributed by atoms with Gasteiger partial charge in [-0.1, -0.05) is 12.1 Å². The lowest BCUT2D eigenvalue weighted by Crippen LogP contribution is -2.59. The Morgan fingerprint density at radius 3 is 1.09 bits per heavy atom. The predicted octanol–water partition coefficient (Wildman–Crippen LogP) is 5.13. The van der Waals surface area contributed by atoms with Crippen LogP contribution in [0, 0.1) is 0 Å². The number of hydrogen-bond acceptors (Lipinski definition) is 45. The standard InChI is InChI=1S/C26H30O15.C23H26O15.C13H20O8.C12H16O7/c1-25(2)39-18-13-26(21(28)32-3,41-24(31)35-6)12-17(20(18)40-25)36-19(27)10-8-14-7-9-15(37-22(29)33-4)16(11-14)38-23(30)34-5;1-31-19(27)23(38-22(30)34-4)10-13(24)18(26)16(11-23)35-17(25)8-6-12-5-7-14(36-20(28)32-2)15(9-12)37-21(29)33-3;1-12(2)19-8-6-13(10(15)17-3,21-11(16)18-4)5-7(14)9(8)20-12;1-11(2)17-7-5-12(19-10(14)15-3)4-6(8(7)18-11)16-9(12)13/h7-11,17-18,20H,12-13H2,1-6H3;5-9,13,16,18,24,26H,10-11H2,1-4H3;7-9,14H,5-6H2,1-4H3;6-8H,4-5H2,1-3H3/b10-8+;8-6+;;/t17-,18-,20+,26-;13-,16-,18-,23+;7-,8-,9+,13-;6-,7-,8+,12-/m1111/s1. The van der Waals surface area contributed by atoms with E-state index in [0.29, 0.717) is 5.56 Å². The van der Waals surface area contributed by atoms with Gasteiger partial charge in [-0.05, 0) is 89.1 Å². The molecule has 4 aliphatic heterocycles. The van der Waals surface area contributed by atoms with Crippen molar-refractivity contribution in [3.05, 3.63) is 59.7 Å². The van der Waals surface area contributed by atoms with Gasteiger partial charge in [-0.3, -0.25) is 0 Å². The van der Waals surface area contributed by atoms with Crippen molar-refractivity contribution in [3.63, 3.8) is 0 Å². The second-order valence-corrected chi connectivity index (χ2v) is 28.0. The van der Waals surface area contributed by atoms with E-state index in [0.717, 1.165) is 76.1 Å². The number of hydrogen-bond donors (Lipinski definition) is 3. The van der Waals surface area contributed by atoms with E-state index >= 15 is 0 Å². The van der Waals surface area contributed by atoms with Gasteiger partial charge in [-0.15, -0.1) is 0 Å². The molecule has 119 heavy (non-hydrogen) atoms. The third kappa shape index (κ3) is 23.9. The molecule has 2 bridgehead atoms. The molecule has 0 spiro atoms. The normalized spacial score (nSPS) is 29.0. The molecular formula is C74H92O45. The Bertz CT molecular complexity index is 4130. The zero-order chi connectivity index (χ0) is 88.5. The number of aliphatic hydroxyl groups excluding tert-OH is 3. The summed E-state index contributed by atoms with van der Waals surface area (Å²) in [7, 11) is 12.0. The van der Waals surface area contributed by atoms with Crippen LogP contribution in [-0.4, -0.2) is 292 Å². The van der Waals surface area contributed by atoms with Crippen LogP contribution in [0.1, 0.15) is 104 Å². The minimum Gasteiger partial charge on any atom is -0.466 e. The van der Waals surface area contributed by atoms with Gasteiger partial charge in [0.1, 0.15) is 42.7 Å². The van der Waals surface area contributed by atoms with Crippen LogP contribution in [0.3, 0.4) is 0 Å². The van der Waals surface area contributed by atoms with Gasteiger partial charge in [-0.2, -0.15) is 0 Å². The summed E-state index contributed by atoms with van der Waals surface area (Å²) in [4.78, 5) is 167. The van der Waals surface area contributed by atoms with Crippen LogP contribution in [0.2, 0.25) is 0 Å². The molecule has 4 saturated carbocycles. The van der Waals surface area contributed by atoms with E-state index in [2.05, 4.69) is 42.6 Å². The van der Waals surface area contributed by atoms with Gasteiger partial charge in [0.2, 0.25) is 22.4 Å². The van der Waals surface area contributed by atoms with Crippen molar-refractivity contribution in [1.82, 2.24) is 0 Å². The van der Waals surface area contributed by atoms with Crippen LogP contribution in [0.4, 0.5) is 38.4 Å². The second-order valence-electron chi connectivity index (χ2n) is 28.0. The van der Waals surface area contributed by atoms with E-state index < -0.39 is 199 Å². The molecule has 4 heterocycles. The van der Waals surface area contributed by atoms with Gasteiger partial charge < -0.3 is 148 Å². The number of methoxy groups -OCH3 is 11. The molecule has 0 amide bonds. The molecule has 16 atom stereocenters. The molecule has 45 heteroatoms. The first-order valence-electron chi connectivity index (χ1n) is 35.7. The second kappa shape index (κ2) is 39.9. The summed E-state index contributed by atoms with van der Waals surface area (Å²) in [5.41, 5.74) is -6.32. The van der Waals surface area contributed by atoms with Gasteiger partial charge in [0.15, 0.2) is 40.4 Å². The topological polar surface area (TPSA) is 558 Å². The first kappa shape index (κ1) is 94.7. The highest BCUT2D eigenvalue weighted by atomic mass is 16.8. The van der Waals surface area contributed by atoms with Crippen molar-refractivity contribution in [1.29, 1.82) is 0 Å². The molecule has 658 valence electrons. The van der Waals surface area contributed by atoms with Crippen molar-refractivity contribution in [2.45, 2.75) is 206 Å². The Hall–Kier alpha value is -11.5. The SMILES string of the molecule is COC(=O)O[C@@]12C[C@@H](OC1=O)[C@@H]1OC(C)(C)O[C@@H]1C2.COC(=O)O[C@]1(C(=O)OC)C[C@@H](O)[C@@H]2OC(C)(C)O[C@@H]2C1.COC(=O)Oc1ccc(/C=C/C(=O)O[C@@H]2C[C@](OC(=O)OC)(C(=O)OC)C[C@@H](O)[C@H]2O)cc1OC(=O)OC.COC(=O)Oc1ccc(/C=C/C(=O)O[C@@H]2C[C@](OC(=O)OC)(C(=O)OC)C[C@H]3OC(C)(C)O[C@@H]23)cc1OC(=O)OC. The van der Waals surface area contributed by atoms with Crippen LogP contribution in [0.25, 0.3) is 12.2 Å². The van der Waals surface area contributed by atoms with Gasteiger partial charge in [0, 0.05) is 63.5 Å². The summed E-state index contributed by atoms with van der Waals surface area (Å²) in [5.74, 6) is -8.62. The summed E-state index contributed by atoms with van der Waals surface area (Å²) >= 11 is 0. The van der Waals surface area contributed by atoms with Crippen LogP contribution in [-0.2, 0) is 142 Å². The fourth-order valence-electron chi connectivity index (χ4n) is 13.7. The summed E-state index contributed by atoms with van der Waals surface area (Å²) in [6, 6.07) is 7.90. The molecule has 10 rings (SSSR count). The minimum atomic E-state index is -2.09. The first-order valence-corrected chi connectivity index (χ1v) is 35.7. The van der Waals surface area contributed by atoms with Crippen molar-refractivity contribution < 1.29 is 215 Å². The largest absolute Gasteiger partial charge is 0.513 e. The lowest BCUT2D eigenvalue weighted by molar-refractivity contribution is -0.200. The minimum absolute atomic E-state index is 0.0277. The summed E-state index contributed by atoms with van der Waals surface area (Å²) in [5, 5.41) is 30.8. The molecule has 8 aliphatic rings. The number of ether oxygens (including phenoxy) is 28. The number of fused-ring (bicyclic) bond motifs is 6. The molecule has 8 fully saturated rings. The third-order valence-electron chi connectivity index (χ3n) is 18.6. The van der Waals surface area contributed by atoms with E-state index in [-0.39, 0.29) is 79.3 Å². The van der Waals surface area contributed by atoms with Gasteiger partial charge in [-0.25, -0.2) is 67.1 Å². The Balaban J connectivity index is 0.000000229. The number of benzene rings is 2. The molecular weight excluding hydrogens is 1610 g/mol. The van der Waals surface area contributed by atoms with Crippen molar-refractivity contribution in [2.75, 3.05) is 78.2 Å². The van der Waals surface area contributed by atoms with E-state index in [1.807, 2.05) is 0 Å². The van der Waals surface area contributed by atoms with E-state index in [1.165, 1.54) is 62.8 Å². The van der Waals surface area contributed by atoms with Crippen LogP contribution >= 0.6 is 0 Å². The Morgan fingerprint density at radius 2 is 0.681 bits per heavy atom. The summed E-state index contributed by atoms with van der Waals surface area (Å²) < 4.78 is 141. The number of esters is 6. The highest BCUT2D eigenvalue weighted by Crippen LogP contribution is 2.50. The predicted molar refractivity (Wildman–Crippen MR) is 380 cm³/mol. The Kier molecular flexibility index (Phi) is 31.7. The van der Waals surface area contributed by atoms with Crippen molar-refractivity contribution in [2.24, 2.45) is 0 Å². The fourth-order valence-corrected chi connectivity index (χ4v) is 13.7. The van der Waals surface area contributed by atoms with E-state index in [1.54, 1.807) is 41.5 Å².